The Morgan fingerprint density at radius 2 is 1.78 bits per heavy atom. The van der Waals surface area contributed by atoms with Crippen molar-refractivity contribution in [1.82, 2.24) is 29.9 Å². The van der Waals surface area contributed by atoms with Crippen LogP contribution in [-0.4, -0.2) is 61.9 Å². The first-order valence-electron chi connectivity index (χ1n) is 10.6. The van der Waals surface area contributed by atoms with Gasteiger partial charge in [0, 0.05) is 26.2 Å². The molecule has 3 heterocycles. The minimum atomic E-state index is -0.138. The SMILES string of the molecule is Cc1cccc2nc(N3CCCN(C(=O)c4ccccc4-n4nccn4)CC3)[nH]c(=O)c12. The number of nitrogens with zero attached hydrogens (tertiary/aromatic N) is 6. The molecule has 0 aliphatic carbocycles. The molecule has 1 aliphatic heterocycles. The fourth-order valence-electron chi connectivity index (χ4n) is 4.17. The number of hydrogen-bond donors (Lipinski definition) is 1. The molecule has 162 valence electrons. The van der Waals surface area contributed by atoms with Crippen LogP contribution in [0.1, 0.15) is 22.3 Å². The summed E-state index contributed by atoms with van der Waals surface area (Å²) in [5.74, 6) is 0.485. The van der Waals surface area contributed by atoms with E-state index in [1.807, 2.05) is 53.1 Å². The van der Waals surface area contributed by atoms with Gasteiger partial charge in [-0.15, -0.1) is 0 Å². The van der Waals surface area contributed by atoms with Gasteiger partial charge in [-0.1, -0.05) is 24.3 Å². The monoisotopic (exact) mass is 429 g/mol. The summed E-state index contributed by atoms with van der Waals surface area (Å²) in [7, 11) is 0. The lowest BCUT2D eigenvalue weighted by atomic mass is 10.1. The molecule has 0 atom stereocenters. The van der Waals surface area contributed by atoms with E-state index in [1.165, 1.54) is 4.80 Å². The molecular formula is C23H23N7O2. The van der Waals surface area contributed by atoms with Crippen molar-refractivity contribution in [2.75, 3.05) is 31.1 Å². The zero-order valence-electron chi connectivity index (χ0n) is 17.7. The van der Waals surface area contributed by atoms with Crippen LogP contribution in [0.2, 0.25) is 0 Å². The lowest BCUT2D eigenvalue weighted by Crippen LogP contribution is -2.36. The summed E-state index contributed by atoms with van der Waals surface area (Å²) in [6.45, 7) is 4.33. The summed E-state index contributed by atoms with van der Waals surface area (Å²) in [5.41, 5.74) is 2.66. The van der Waals surface area contributed by atoms with Gasteiger partial charge in [0.2, 0.25) is 5.95 Å². The molecule has 1 amide bonds. The maximum absolute atomic E-state index is 13.3. The van der Waals surface area contributed by atoms with E-state index >= 15 is 0 Å². The number of benzene rings is 2. The largest absolute Gasteiger partial charge is 0.340 e. The van der Waals surface area contributed by atoms with Gasteiger partial charge < -0.3 is 9.80 Å². The van der Waals surface area contributed by atoms with E-state index in [0.29, 0.717) is 54.3 Å². The van der Waals surface area contributed by atoms with Gasteiger partial charge in [0.1, 0.15) is 0 Å². The van der Waals surface area contributed by atoms with E-state index in [0.717, 1.165) is 12.0 Å². The third kappa shape index (κ3) is 3.62. The molecule has 5 rings (SSSR count). The van der Waals surface area contributed by atoms with Crippen molar-refractivity contribution in [2.24, 2.45) is 0 Å². The number of para-hydroxylation sites is 1. The fraction of sp³-hybridized carbons (Fsp3) is 0.261. The van der Waals surface area contributed by atoms with Crippen molar-refractivity contribution in [2.45, 2.75) is 13.3 Å². The Hall–Kier alpha value is -4.01. The highest BCUT2D eigenvalue weighted by Crippen LogP contribution is 2.19. The third-order valence-electron chi connectivity index (χ3n) is 5.78. The average Bonchev–Trinajstić information content (AvgIpc) is 3.23. The van der Waals surface area contributed by atoms with E-state index < -0.39 is 0 Å². The van der Waals surface area contributed by atoms with Crippen LogP contribution in [0.25, 0.3) is 16.6 Å². The lowest BCUT2D eigenvalue weighted by molar-refractivity contribution is 0.0766. The molecule has 1 aliphatic rings. The third-order valence-corrected chi connectivity index (χ3v) is 5.78. The number of anilines is 1. The molecule has 4 aromatic rings. The molecule has 1 N–H and O–H groups in total. The molecule has 1 fully saturated rings. The quantitative estimate of drug-likeness (QED) is 0.536. The van der Waals surface area contributed by atoms with Crippen LogP contribution in [-0.2, 0) is 0 Å². The van der Waals surface area contributed by atoms with Crippen molar-refractivity contribution in [1.29, 1.82) is 0 Å². The number of aromatic amines is 1. The van der Waals surface area contributed by atoms with Crippen molar-refractivity contribution in [3.05, 3.63) is 76.3 Å². The summed E-state index contributed by atoms with van der Waals surface area (Å²) < 4.78 is 0. The molecular weight excluding hydrogens is 406 g/mol. The Labute approximate surface area is 184 Å². The molecule has 2 aromatic carbocycles. The van der Waals surface area contributed by atoms with Gasteiger partial charge in [-0.2, -0.15) is 15.0 Å². The number of carbonyl (C=O) groups is 1. The van der Waals surface area contributed by atoms with Crippen LogP contribution >= 0.6 is 0 Å². The Kier molecular flexibility index (Phi) is 5.14. The normalized spacial score (nSPS) is 14.5. The van der Waals surface area contributed by atoms with Gasteiger partial charge in [-0.25, -0.2) is 4.98 Å². The number of aromatic nitrogens is 5. The first-order valence-corrected chi connectivity index (χ1v) is 10.6. The van der Waals surface area contributed by atoms with Gasteiger partial charge >= 0.3 is 0 Å². The van der Waals surface area contributed by atoms with E-state index in [9.17, 15) is 9.59 Å². The van der Waals surface area contributed by atoms with Gasteiger partial charge in [0.25, 0.3) is 11.5 Å². The molecule has 1 saturated heterocycles. The first-order chi connectivity index (χ1) is 15.6. The zero-order valence-corrected chi connectivity index (χ0v) is 17.7. The minimum absolute atomic E-state index is 0.0599. The predicted octanol–water partition coefficient (Wildman–Crippen LogP) is 2.16. The Morgan fingerprint density at radius 1 is 0.969 bits per heavy atom. The average molecular weight is 429 g/mol. The van der Waals surface area contributed by atoms with Crippen molar-refractivity contribution in [3.63, 3.8) is 0 Å². The van der Waals surface area contributed by atoms with E-state index in [4.69, 9.17) is 0 Å². The van der Waals surface area contributed by atoms with Crippen LogP contribution in [0.5, 0.6) is 0 Å². The topological polar surface area (TPSA) is 100 Å². The van der Waals surface area contributed by atoms with Crippen molar-refractivity contribution < 1.29 is 4.79 Å². The summed E-state index contributed by atoms with van der Waals surface area (Å²) >= 11 is 0. The second kappa shape index (κ2) is 8.26. The number of rotatable bonds is 3. The highest BCUT2D eigenvalue weighted by Gasteiger charge is 2.24. The maximum Gasteiger partial charge on any atom is 0.260 e. The lowest BCUT2D eigenvalue weighted by Gasteiger charge is -2.23. The molecule has 32 heavy (non-hydrogen) atoms. The van der Waals surface area contributed by atoms with Crippen LogP contribution in [0, 0.1) is 6.92 Å². The predicted molar refractivity (Wildman–Crippen MR) is 121 cm³/mol. The van der Waals surface area contributed by atoms with Crippen molar-refractivity contribution >= 4 is 22.8 Å². The number of nitrogens with one attached hydrogen (secondary N) is 1. The van der Waals surface area contributed by atoms with Crippen molar-refractivity contribution in [3.8, 4) is 5.69 Å². The summed E-state index contributed by atoms with van der Waals surface area (Å²) in [6, 6.07) is 13.0. The second-order valence-electron chi connectivity index (χ2n) is 7.83. The highest BCUT2D eigenvalue weighted by molar-refractivity contribution is 5.97. The molecule has 0 spiro atoms. The van der Waals surface area contributed by atoms with Crippen LogP contribution in [0.15, 0.2) is 59.7 Å². The number of hydrogen-bond acceptors (Lipinski definition) is 6. The Morgan fingerprint density at radius 3 is 2.62 bits per heavy atom. The molecule has 0 bridgehead atoms. The number of carbonyl (C=O) groups excluding carboxylic acids is 1. The zero-order chi connectivity index (χ0) is 22.1. The summed E-state index contributed by atoms with van der Waals surface area (Å²) in [6.07, 6.45) is 3.94. The standard InChI is InChI=1S/C23H23N7O2/c1-16-6-4-8-18-20(16)21(31)27-23(26-18)29-13-5-12-28(14-15-29)22(32)17-7-2-3-9-19(17)30-24-10-11-25-30/h2-4,6-11H,5,12-15H2,1H3,(H,26,27,31). The van der Waals surface area contributed by atoms with Crippen LogP contribution in [0.4, 0.5) is 5.95 Å². The molecule has 0 radical (unpaired) electrons. The van der Waals surface area contributed by atoms with Gasteiger partial charge in [0.15, 0.2) is 0 Å². The number of fused-ring (bicyclic) bond motifs is 1. The van der Waals surface area contributed by atoms with E-state index in [-0.39, 0.29) is 11.5 Å². The Balaban J connectivity index is 1.38. The molecule has 9 heteroatoms. The van der Waals surface area contributed by atoms with E-state index in [2.05, 4.69) is 20.2 Å². The second-order valence-corrected chi connectivity index (χ2v) is 7.83. The minimum Gasteiger partial charge on any atom is -0.340 e. The molecule has 9 nitrogen and oxygen atoms in total. The highest BCUT2D eigenvalue weighted by atomic mass is 16.2. The smallest absolute Gasteiger partial charge is 0.260 e. The Bertz CT molecular complexity index is 1330. The summed E-state index contributed by atoms with van der Waals surface area (Å²) in [5, 5.41) is 8.95. The molecule has 2 aromatic heterocycles. The fourth-order valence-corrected chi connectivity index (χ4v) is 4.17. The van der Waals surface area contributed by atoms with Gasteiger partial charge in [-0.3, -0.25) is 14.6 Å². The number of amides is 1. The molecule has 0 saturated carbocycles. The van der Waals surface area contributed by atoms with Crippen LogP contribution < -0.4 is 10.5 Å². The van der Waals surface area contributed by atoms with E-state index in [1.54, 1.807) is 18.5 Å². The summed E-state index contributed by atoms with van der Waals surface area (Å²) in [4.78, 5) is 39.0. The van der Waals surface area contributed by atoms with Gasteiger partial charge in [-0.05, 0) is 37.1 Å². The van der Waals surface area contributed by atoms with Crippen LogP contribution in [0.3, 0.4) is 0 Å². The first kappa shape index (κ1) is 19.9. The maximum atomic E-state index is 13.3. The number of aryl methyl sites for hydroxylation is 1. The van der Waals surface area contributed by atoms with Gasteiger partial charge in [0.05, 0.1) is 34.5 Å². The number of H-pyrrole nitrogens is 1. The molecule has 0 unspecified atom stereocenters.